The van der Waals surface area contributed by atoms with Gasteiger partial charge in [0, 0.05) is 36.2 Å². The van der Waals surface area contributed by atoms with Crippen molar-refractivity contribution in [2.75, 3.05) is 26.2 Å². The molecular weight excluding hydrogens is 532 g/mol. The minimum Gasteiger partial charge on any atom is -0.336 e. The predicted molar refractivity (Wildman–Crippen MR) is 136 cm³/mol. The summed E-state index contributed by atoms with van der Waals surface area (Å²) in [5.74, 6) is -0.179. The lowest BCUT2D eigenvalue weighted by atomic mass is 10.1. The summed E-state index contributed by atoms with van der Waals surface area (Å²) in [5, 5.41) is 0.520. The lowest BCUT2D eigenvalue weighted by Crippen LogP contribution is -2.50. The summed E-state index contributed by atoms with van der Waals surface area (Å²) in [6, 6.07) is 20.4. The van der Waals surface area contributed by atoms with Crippen LogP contribution in [0.15, 0.2) is 93.3 Å². The highest BCUT2D eigenvalue weighted by molar-refractivity contribution is 9.10. The van der Waals surface area contributed by atoms with E-state index >= 15 is 0 Å². The number of carbonyl (C=O) groups excluding carboxylic acids is 1. The molecule has 0 spiro atoms. The first-order valence-electron chi connectivity index (χ1n) is 11.0. The van der Waals surface area contributed by atoms with Gasteiger partial charge in [0.15, 0.2) is 0 Å². The van der Waals surface area contributed by atoms with E-state index in [4.69, 9.17) is 0 Å². The van der Waals surface area contributed by atoms with Gasteiger partial charge in [-0.2, -0.15) is 4.31 Å². The Labute approximate surface area is 210 Å². The van der Waals surface area contributed by atoms with Crippen LogP contribution in [0.3, 0.4) is 0 Å². The molecule has 1 aliphatic heterocycles. The standard InChI is InChI=1S/C25H21BrN4O4S/c26-19-7-11-21(12-8-19)35(33,34)29-15-13-28(14-16-29)24(31)18-5-9-20(10-6-18)30-17-27-23-4-2-1-3-22(23)25(30)32/h1-12,17H,13-16H2. The number of carbonyl (C=O) groups is 1. The van der Waals surface area contributed by atoms with Gasteiger partial charge in [-0.3, -0.25) is 14.2 Å². The normalized spacial score (nSPS) is 14.8. The highest BCUT2D eigenvalue weighted by Gasteiger charge is 2.30. The highest BCUT2D eigenvalue weighted by Crippen LogP contribution is 2.21. The Kier molecular flexibility index (Phi) is 6.26. The molecule has 0 atom stereocenters. The zero-order valence-corrected chi connectivity index (χ0v) is 20.9. The SMILES string of the molecule is O=C(c1ccc(-n2cnc3ccccc3c2=O)cc1)N1CCN(S(=O)(=O)c2ccc(Br)cc2)CC1. The number of sulfonamides is 1. The minimum absolute atomic E-state index is 0.179. The molecular formula is C25H21BrN4O4S. The fraction of sp³-hybridized carbons (Fsp3) is 0.160. The van der Waals surface area contributed by atoms with Crippen molar-refractivity contribution in [3.63, 3.8) is 0 Å². The number of piperazine rings is 1. The van der Waals surface area contributed by atoms with Crippen LogP contribution < -0.4 is 5.56 Å². The van der Waals surface area contributed by atoms with E-state index in [1.807, 2.05) is 6.07 Å². The second-order valence-corrected chi connectivity index (χ2v) is 11.0. The van der Waals surface area contributed by atoms with Crippen LogP contribution in [0.1, 0.15) is 10.4 Å². The first-order valence-corrected chi connectivity index (χ1v) is 13.2. The van der Waals surface area contributed by atoms with E-state index in [-0.39, 0.29) is 29.5 Å². The van der Waals surface area contributed by atoms with Crippen molar-refractivity contribution in [3.05, 3.63) is 99.5 Å². The lowest BCUT2D eigenvalue weighted by Gasteiger charge is -2.34. The molecule has 0 unspecified atom stereocenters. The summed E-state index contributed by atoms with van der Waals surface area (Å²) in [6.45, 7) is 1.04. The fourth-order valence-corrected chi connectivity index (χ4v) is 5.77. The van der Waals surface area contributed by atoms with Gasteiger partial charge in [-0.05, 0) is 60.7 Å². The molecule has 0 radical (unpaired) electrons. The number of nitrogens with zero attached hydrogens (tertiary/aromatic N) is 4. The van der Waals surface area contributed by atoms with Crippen LogP contribution in [-0.2, 0) is 10.0 Å². The number of amides is 1. The van der Waals surface area contributed by atoms with Crippen LogP contribution in [0.25, 0.3) is 16.6 Å². The largest absolute Gasteiger partial charge is 0.336 e. The molecule has 0 aliphatic carbocycles. The molecule has 1 fully saturated rings. The van der Waals surface area contributed by atoms with Crippen molar-refractivity contribution in [2.24, 2.45) is 0 Å². The summed E-state index contributed by atoms with van der Waals surface area (Å²) in [7, 11) is -3.61. The second kappa shape index (κ2) is 9.37. The number of rotatable bonds is 4. The number of hydrogen-bond acceptors (Lipinski definition) is 5. The molecule has 8 nitrogen and oxygen atoms in total. The van der Waals surface area contributed by atoms with Crippen LogP contribution >= 0.6 is 15.9 Å². The molecule has 2 heterocycles. The zero-order chi connectivity index (χ0) is 24.6. The van der Waals surface area contributed by atoms with Crippen molar-refractivity contribution in [3.8, 4) is 5.69 Å². The number of hydrogen-bond donors (Lipinski definition) is 0. The van der Waals surface area contributed by atoms with Gasteiger partial charge in [0.25, 0.3) is 11.5 Å². The minimum atomic E-state index is -3.61. The van der Waals surface area contributed by atoms with Crippen LogP contribution in [0.4, 0.5) is 0 Å². The van der Waals surface area contributed by atoms with E-state index in [0.717, 1.165) is 4.47 Å². The number of fused-ring (bicyclic) bond motifs is 1. The molecule has 178 valence electrons. The maximum absolute atomic E-state index is 13.0. The van der Waals surface area contributed by atoms with Crippen molar-refractivity contribution in [1.29, 1.82) is 0 Å². The summed E-state index contributed by atoms with van der Waals surface area (Å²) in [4.78, 5) is 32.1. The predicted octanol–water partition coefficient (Wildman–Crippen LogP) is 3.29. The van der Waals surface area contributed by atoms with Gasteiger partial charge in [0.1, 0.15) is 6.33 Å². The van der Waals surface area contributed by atoms with E-state index in [1.165, 1.54) is 15.2 Å². The Morgan fingerprint density at radius 1 is 0.857 bits per heavy atom. The van der Waals surface area contributed by atoms with E-state index < -0.39 is 10.0 Å². The van der Waals surface area contributed by atoms with Gasteiger partial charge in [-0.1, -0.05) is 28.1 Å². The Balaban J connectivity index is 1.28. The second-order valence-electron chi connectivity index (χ2n) is 8.13. The molecule has 1 saturated heterocycles. The van der Waals surface area contributed by atoms with Crippen LogP contribution in [0, 0.1) is 0 Å². The average Bonchev–Trinajstić information content (AvgIpc) is 2.89. The maximum Gasteiger partial charge on any atom is 0.265 e. The van der Waals surface area contributed by atoms with E-state index in [2.05, 4.69) is 20.9 Å². The van der Waals surface area contributed by atoms with Crippen LogP contribution in [0.2, 0.25) is 0 Å². The van der Waals surface area contributed by atoms with Gasteiger partial charge >= 0.3 is 0 Å². The van der Waals surface area contributed by atoms with Gasteiger partial charge in [-0.25, -0.2) is 13.4 Å². The molecule has 1 aromatic heterocycles. The number of aromatic nitrogens is 2. The van der Waals surface area contributed by atoms with Gasteiger partial charge < -0.3 is 4.90 Å². The Bertz CT molecular complexity index is 1560. The van der Waals surface area contributed by atoms with Gasteiger partial charge in [0.05, 0.1) is 21.5 Å². The third-order valence-corrected chi connectivity index (χ3v) is 8.48. The maximum atomic E-state index is 13.0. The van der Waals surface area contributed by atoms with Crippen LogP contribution in [0.5, 0.6) is 0 Å². The molecule has 1 amide bonds. The number of halogens is 1. The molecule has 3 aromatic carbocycles. The Hall–Kier alpha value is -3.34. The topological polar surface area (TPSA) is 92.6 Å². The monoisotopic (exact) mass is 552 g/mol. The quantitative estimate of drug-likeness (QED) is 0.387. The smallest absolute Gasteiger partial charge is 0.265 e. The number of para-hydroxylation sites is 1. The van der Waals surface area contributed by atoms with Gasteiger partial charge in [0.2, 0.25) is 10.0 Å². The highest BCUT2D eigenvalue weighted by atomic mass is 79.9. The molecule has 1 aliphatic rings. The molecule has 4 aromatic rings. The molecule has 0 bridgehead atoms. The summed E-state index contributed by atoms with van der Waals surface area (Å²) in [6.07, 6.45) is 1.48. The molecule has 5 rings (SSSR count). The molecule has 0 N–H and O–H groups in total. The van der Waals surface area contributed by atoms with Crippen molar-refractivity contribution in [1.82, 2.24) is 18.8 Å². The van der Waals surface area contributed by atoms with E-state index in [1.54, 1.807) is 71.6 Å². The van der Waals surface area contributed by atoms with Gasteiger partial charge in [-0.15, -0.1) is 0 Å². The average molecular weight is 553 g/mol. The fourth-order valence-electron chi connectivity index (χ4n) is 4.09. The van der Waals surface area contributed by atoms with E-state index in [0.29, 0.717) is 35.2 Å². The lowest BCUT2D eigenvalue weighted by molar-refractivity contribution is 0.0698. The first kappa shape index (κ1) is 23.4. The Morgan fingerprint density at radius 3 is 2.20 bits per heavy atom. The summed E-state index contributed by atoms with van der Waals surface area (Å²) in [5.41, 5.74) is 1.52. The van der Waals surface area contributed by atoms with Crippen molar-refractivity contribution in [2.45, 2.75) is 4.90 Å². The molecule has 35 heavy (non-hydrogen) atoms. The van der Waals surface area contributed by atoms with Crippen molar-refractivity contribution >= 4 is 42.8 Å². The summed E-state index contributed by atoms with van der Waals surface area (Å²) >= 11 is 3.31. The first-order chi connectivity index (χ1) is 16.8. The number of benzene rings is 3. The van der Waals surface area contributed by atoms with Crippen molar-refractivity contribution < 1.29 is 13.2 Å². The molecule has 0 saturated carbocycles. The Morgan fingerprint density at radius 2 is 1.51 bits per heavy atom. The van der Waals surface area contributed by atoms with E-state index in [9.17, 15) is 18.0 Å². The van der Waals surface area contributed by atoms with Crippen LogP contribution in [-0.4, -0.2) is 59.3 Å². The molecule has 10 heteroatoms. The zero-order valence-electron chi connectivity index (χ0n) is 18.5. The third kappa shape index (κ3) is 4.52. The summed E-state index contributed by atoms with van der Waals surface area (Å²) < 4.78 is 29.5. The third-order valence-electron chi connectivity index (χ3n) is 6.04.